The van der Waals surface area contributed by atoms with Crippen LogP contribution in [0, 0.1) is 0 Å². The molecule has 1 fully saturated rings. The lowest BCUT2D eigenvalue weighted by Gasteiger charge is -2.22. The van der Waals surface area contributed by atoms with E-state index in [2.05, 4.69) is 0 Å². The summed E-state index contributed by atoms with van der Waals surface area (Å²) in [4.78, 5) is 0. The molecule has 1 aliphatic rings. The van der Waals surface area contributed by atoms with Crippen LogP contribution in [-0.2, 0) is 4.74 Å². The molecule has 1 rings (SSSR count). The van der Waals surface area contributed by atoms with Crippen LogP contribution in [0.4, 0.5) is 0 Å². The smallest absolute Gasteiger partial charge is 0.219 e. The van der Waals surface area contributed by atoms with Crippen LogP contribution in [0.5, 0.6) is 0 Å². The van der Waals surface area contributed by atoms with Gasteiger partial charge < -0.3 is 25.2 Å². The molecule has 0 aromatic heterocycles. The van der Waals surface area contributed by atoms with Gasteiger partial charge in [-0.05, 0) is 6.92 Å². The van der Waals surface area contributed by atoms with Crippen molar-refractivity contribution in [3.63, 3.8) is 0 Å². The second-order valence-corrected chi connectivity index (χ2v) is 2.76. The molecule has 0 amide bonds. The zero-order valence-corrected chi connectivity index (χ0v) is 6.14. The fourth-order valence-corrected chi connectivity index (χ4v) is 1.12. The Kier molecular flexibility index (Phi) is 2.17. The highest BCUT2D eigenvalue weighted by Crippen LogP contribution is 2.28. The molecule has 1 aliphatic heterocycles. The van der Waals surface area contributed by atoms with Gasteiger partial charge in [-0.2, -0.15) is 0 Å². The average molecular weight is 164 g/mol. The molecule has 5 heteroatoms. The van der Waals surface area contributed by atoms with Crippen molar-refractivity contribution in [1.82, 2.24) is 0 Å². The van der Waals surface area contributed by atoms with Crippen LogP contribution in [0.3, 0.4) is 0 Å². The third-order valence-electron chi connectivity index (χ3n) is 1.88. The van der Waals surface area contributed by atoms with Crippen LogP contribution in [0.25, 0.3) is 0 Å². The standard InChI is InChI=1S/C6H12O5/c1-3-4(8)5(9)6(10,2-7)11-3/h3-5,7-10H,2H2,1H3/t3?,4-,5-,6+/m0/s1. The quantitative estimate of drug-likeness (QED) is 0.353. The van der Waals surface area contributed by atoms with E-state index in [1.54, 1.807) is 0 Å². The molecule has 0 bridgehead atoms. The van der Waals surface area contributed by atoms with Crippen molar-refractivity contribution in [2.45, 2.75) is 31.0 Å². The number of ether oxygens (including phenoxy) is 1. The lowest BCUT2D eigenvalue weighted by atomic mass is 10.1. The third kappa shape index (κ3) is 1.25. The van der Waals surface area contributed by atoms with E-state index in [4.69, 9.17) is 20.1 Å². The van der Waals surface area contributed by atoms with Crippen molar-refractivity contribution in [1.29, 1.82) is 0 Å². The van der Waals surface area contributed by atoms with Crippen LogP contribution in [0.2, 0.25) is 0 Å². The van der Waals surface area contributed by atoms with Gasteiger partial charge in [-0.25, -0.2) is 0 Å². The Hall–Kier alpha value is -0.200. The summed E-state index contributed by atoms with van der Waals surface area (Å²) in [5.41, 5.74) is 0. The van der Waals surface area contributed by atoms with E-state index in [1.165, 1.54) is 6.92 Å². The van der Waals surface area contributed by atoms with Crippen molar-refractivity contribution in [2.75, 3.05) is 6.61 Å². The zero-order chi connectivity index (χ0) is 8.65. The largest absolute Gasteiger partial charge is 0.391 e. The Labute approximate surface area is 63.8 Å². The van der Waals surface area contributed by atoms with Gasteiger partial charge in [0.1, 0.15) is 12.2 Å². The van der Waals surface area contributed by atoms with Gasteiger partial charge in [0, 0.05) is 0 Å². The summed E-state index contributed by atoms with van der Waals surface area (Å²) < 4.78 is 4.73. The van der Waals surface area contributed by atoms with Crippen LogP contribution in [-0.4, -0.2) is 51.1 Å². The molecule has 5 nitrogen and oxygen atoms in total. The van der Waals surface area contributed by atoms with Crippen molar-refractivity contribution in [3.05, 3.63) is 0 Å². The van der Waals surface area contributed by atoms with E-state index in [1.807, 2.05) is 0 Å². The van der Waals surface area contributed by atoms with Crippen LogP contribution < -0.4 is 0 Å². The topological polar surface area (TPSA) is 90.2 Å². The van der Waals surface area contributed by atoms with E-state index in [0.717, 1.165) is 0 Å². The first kappa shape index (κ1) is 8.89. The SMILES string of the molecule is CC1O[C@](O)(CO)[C@@H](O)[C@H]1O. The van der Waals surface area contributed by atoms with Gasteiger partial charge in [-0.1, -0.05) is 0 Å². The Morgan fingerprint density at radius 2 is 2.00 bits per heavy atom. The van der Waals surface area contributed by atoms with Gasteiger partial charge >= 0.3 is 0 Å². The molecule has 0 aromatic rings. The van der Waals surface area contributed by atoms with Crippen molar-refractivity contribution in [2.24, 2.45) is 0 Å². The maximum Gasteiger partial charge on any atom is 0.219 e. The first-order valence-electron chi connectivity index (χ1n) is 3.38. The molecule has 1 heterocycles. The van der Waals surface area contributed by atoms with Gasteiger partial charge in [-0.3, -0.25) is 0 Å². The fraction of sp³-hybridized carbons (Fsp3) is 1.00. The average Bonchev–Trinajstić information content (AvgIpc) is 2.17. The van der Waals surface area contributed by atoms with Gasteiger partial charge in [0.25, 0.3) is 0 Å². The number of rotatable bonds is 1. The zero-order valence-electron chi connectivity index (χ0n) is 6.14. The second-order valence-electron chi connectivity index (χ2n) is 2.76. The molecule has 0 spiro atoms. The van der Waals surface area contributed by atoms with E-state index in [-0.39, 0.29) is 0 Å². The molecular formula is C6H12O5. The molecule has 0 radical (unpaired) electrons. The fourth-order valence-electron chi connectivity index (χ4n) is 1.12. The van der Waals surface area contributed by atoms with E-state index < -0.39 is 30.7 Å². The molecule has 4 atom stereocenters. The summed E-state index contributed by atoms with van der Waals surface area (Å²) in [5.74, 6) is -2.00. The maximum atomic E-state index is 9.23. The van der Waals surface area contributed by atoms with Crippen LogP contribution in [0.15, 0.2) is 0 Å². The predicted molar refractivity (Wildman–Crippen MR) is 34.6 cm³/mol. The van der Waals surface area contributed by atoms with Crippen molar-refractivity contribution in [3.8, 4) is 0 Å². The summed E-state index contributed by atoms with van der Waals surface area (Å²) in [6.45, 7) is 0.775. The maximum absolute atomic E-state index is 9.23. The third-order valence-corrected chi connectivity index (χ3v) is 1.88. The first-order chi connectivity index (χ1) is 5.01. The summed E-state index contributed by atoms with van der Waals surface area (Å²) in [5, 5.41) is 36.0. The molecule has 4 N–H and O–H groups in total. The van der Waals surface area contributed by atoms with E-state index in [9.17, 15) is 5.11 Å². The van der Waals surface area contributed by atoms with Crippen LogP contribution >= 0.6 is 0 Å². The monoisotopic (exact) mass is 164 g/mol. The lowest BCUT2D eigenvalue weighted by Crippen LogP contribution is -2.46. The number of aliphatic hydroxyl groups excluding tert-OH is 3. The van der Waals surface area contributed by atoms with E-state index >= 15 is 0 Å². The van der Waals surface area contributed by atoms with Gasteiger partial charge in [-0.15, -0.1) is 0 Å². The highest BCUT2D eigenvalue weighted by molar-refractivity contribution is 4.93. The van der Waals surface area contributed by atoms with Gasteiger partial charge in [0.05, 0.1) is 12.7 Å². The Bertz CT molecular complexity index is 150. The molecule has 0 aromatic carbocycles. The Balaban J connectivity index is 2.73. The van der Waals surface area contributed by atoms with Gasteiger partial charge in [0.15, 0.2) is 0 Å². The molecule has 0 saturated carbocycles. The first-order valence-corrected chi connectivity index (χ1v) is 3.38. The normalized spacial score (nSPS) is 51.5. The summed E-state index contributed by atoms with van der Waals surface area (Å²) in [6.07, 6.45) is -3.25. The number of hydrogen-bond acceptors (Lipinski definition) is 5. The lowest BCUT2D eigenvalue weighted by molar-refractivity contribution is -0.243. The minimum absolute atomic E-state index is 0.665. The number of aliphatic hydroxyl groups is 4. The number of hydrogen-bond donors (Lipinski definition) is 4. The Morgan fingerprint density at radius 3 is 2.18 bits per heavy atom. The summed E-state index contributed by atoms with van der Waals surface area (Å²) in [6, 6.07) is 0. The van der Waals surface area contributed by atoms with E-state index in [0.29, 0.717) is 0 Å². The molecule has 1 saturated heterocycles. The molecule has 11 heavy (non-hydrogen) atoms. The molecule has 0 aliphatic carbocycles. The molecule has 66 valence electrons. The second kappa shape index (κ2) is 2.69. The molecule has 1 unspecified atom stereocenters. The van der Waals surface area contributed by atoms with Crippen molar-refractivity contribution < 1.29 is 25.2 Å². The van der Waals surface area contributed by atoms with Gasteiger partial charge in [0.2, 0.25) is 5.79 Å². The van der Waals surface area contributed by atoms with Crippen molar-refractivity contribution >= 4 is 0 Å². The molecular weight excluding hydrogens is 152 g/mol. The summed E-state index contributed by atoms with van der Waals surface area (Å²) >= 11 is 0. The van der Waals surface area contributed by atoms with Crippen LogP contribution in [0.1, 0.15) is 6.92 Å². The minimum Gasteiger partial charge on any atom is -0.391 e. The highest BCUT2D eigenvalue weighted by atomic mass is 16.7. The Morgan fingerprint density at radius 1 is 1.45 bits per heavy atom. The minimum atomic E-state index is -2.00. The summed E-state index contributed by atoms with van der Waals surface area (Å²) in [7, 11) is 0. The predicted octanol–water partition coefficient (Wildman–Crippen LogP) is -2.19. The highest BCUT2D eigenvalue weighted by Gasteiger charge is 2.51.